The first kappa shape index (κ1) is 16.3. The van der Waals surface area contributed by atoms with Crippen LogP contribution in [0.1, 0.15) is 17.5 Å². The van der Waals surface area contributed by atoms with Crippen LogP contribution in [-0.2, 0) is 23.2 Å². The number of likely N-dealkylation sites (tertiary alicyclic amines) is 1. The van der Waals surface area contributed by atoms with Crippen LogP contribution in [0.15, 0.2) is 30.6 Å². The number of carbonyl (C=O) groups is 1. The molecule has 0 radical (unpaired) electrons. The highest BCUT2D eigenvalue weighted by Gasteiger charge is 2.43. The van der Waals surface area contributed by atoms with Crippen molar-refractivity contribution in [2.45, 2.75) is 24.8 Å². The molecule has 2 heterocycles. The third-order valence-electron chi connectivity index (χ3n) is 3.97. The van der Waals surface area contributed by atoms with E-state index >= 15 is 4.39 Å². The second kappa shape index (κ2) is 5.84. The molecule has 3 rings (SSSR count). The highest BCUT2D eigenvalue weighted by atomic mass is 19.4. The van der Waals surface area contributed by atoms with Crippen molar-refractivity contribution in [3.05, 3.63) is 41.7 Å². The number of benzene rings is 1. The van der Waals surface area contributed by atoms with E-state index in [0.29, 0.717) is 0 Å². The predicted molar refractivity (Wildman–Crippen MR) is 73.2 cm³/mol. The zero-order chi connectivity index (χ0) is 17.4. The van der Waals surface area contributed by atoms with Crippen molar-refractivity contribution < 1.29 is 22.4 Å². The van der Waals surface area contributed by atoms with Gasteiger partial charge in [0.2, 0.25) is 5.91 Å². The van der Waals surface area contributed by atoms with Crippen molar-refractivity contribution in [1.82, 2.24) is 25.1 Å². The fourth-order valence-electron chi connectivity index (χ4n) is 2.69. The van der Waals surface area contributed by atoms with E-state index in [1.54, 1.807) is 0 Å². The van der Waals surface area contributed by atoms with E-state index in [4.69, 9.17) is 0 Å². The molecule has 1 atom stereocenters. The number of alkyl halides is 4. The van der Waals surface area contributed by atoms with Gasteiger partial charge in [0.1, 0.15) is 12.9 Å². The van der Waals surface area contributed by atoms with Crippen molar-refractivity contribution in [2.24, 2.45) is 0 Å². The number of hydrogen-bond acceptors (Lipinski definition) is 4. The molecule has 1 aliphatic heterocycles. The highest BCUT2D eigenvalue weighted by molar-refractivity contribution is 5.76. The lowest BCUT2D eigenvalue weighted by Crippen LogP contribution is -2.34. The summed E-state index contributed by atoms with van der Waals surface area (Å²) in [5, 5.41) is 10.3. The molecule has 24 heavy (non-hydrogen) atoms. The van der Waals surface area contributed by atoms with Crippen LogP contribution in [0, 0.1) is 0 Å². The van der Waals surface area contributed by atoms with Crippen LogP contribution in [0.3, 0.4) is 0 Å². The van der Waals surface area contributed by atoms with E-state index in [-0.39, 0.29) is 31.6 Å². The van der Waals surface area contributed by atoms with Crippen LogP contribution in [0.25, 0.3) is 0 Å². The topological polar surface area (TPSA) is 63.9 Å². The first-order valence-corrected chi connectivity index (χ1v) is 7.13. The standard InChI is InChI=1S/C14H13F4N5O/c15-13(10-2-1-3-11(6-10)14(16,17)18)4-5-22(8-13)12(24)7-23-9-19-20-21-23/h1-3,6,9H,4-5,7-8H2. The maximum atomic E-state index is 15.1. The van der Waals surface area contributed by atoms with Crippen LogP contribution < -0.4 is 0 Å². The maximum Gasteiger partial charge on any atom is 0.416 e. The summed E-state index contributed by atoms with van der Waals surface area (Å²) in [4.78, 5) is 13.4. The van der Waals surface area contributed by atoms with Crippen LogP contribution in [0.2, 0.25) is 0 Å². The van der Waals surface area contributed by atoms with Gasteiger partial charge in [-0.25, -0.2) is 9.07 Å². The van der Waals surface area contributed by atoms with Gasteiger partial charge in [-0.2, -0.15) is 13.2 Å². The Hall–Kier alpha value is -2.52. The Morgan fingerprint density at radius 1 is 1.33 bits per heavy atom. The van der Waals surface area contributed by atoms with E-state index < -0.39 is 23.3 Å². The van der Waals surface area contributed by atoms with E-state index in [1.165, 1.54) is 28.0 Å². The van der Waals surface area contributed by atoms with Gasteiger partial charge in [-0.1, -0.05) is 12.1 Å². The van der Waals surface area contributed by atoms with Crippen LogP contribution in [0.4, 0.5) is 17.6 Å². The summed E-state index contributed by atoms with van der Waals surface area (Å²) >= 11 is 0. The van der Waals surface area contributed by atoms with Gasteiger partial charge in [-0.15, -0.1) is 5.10 Å². The Balaban J connectivity index is 1.74. The SMILES string of the molecule is O=C(Cn1cnnn1)N1CCC(F)(c2cccc(C(F)(F)F)c2)C1. The van der Waals surface area contributed by atoms with Crippen molar-refractivity contribution >= 4 is 5.91 Å². The molecule has 2 aromatic rings. The molecular weight excluding hydrogens is 330 g/mol. The zero-order valence-electron chi connectivity index (χ0n) is 12.4. The first-order valence-electron chi connectivity index (χ1n) is 7.13. The summed E-state index contributed by atoms with van der Waals surface area (Å²) in [6, 6.07) is 4.17. The van der Waals surface area contributed by atoms with Crippen molar-refractivity contribution in [2.75, 3.05) is 13.1 Å². The Bertz CT molecular complexity index is 733. The van der Waals surface area contributed by atoms with Crippen molar-refractivity contribution in [3.63, 3.8) is 0 Å². The minimum Gasteiger partial charge on any atom is -0.337 e. The highest BCUT2D eigenvalue weighted by Crippen LogP contribution is 2.39. The summed E-state index contributed by atoms with van der Waals surface area (Å²) in [5.41, 5.74) is -2.98. The smallest absolute Gasteiger partial charge is 0.337 e. The Morgan fingerprint density at radius 2 is 2.12 bits per heavy atom. The number of halogens is 4. The van der Waals surface area contributed by atoms with E-state index in [0.717, 1.165) is 12.1 Å². The quantitative estimate of drug-likeness (QED) is 0.797. The first-order chi connectivity index (χ1) is 11.3. The lowest BCUT2D eigenvalue weighted by Gasteiger charge is -2.22. The average Bonchev–Trinajstić information content (AvgIpc) is 3.17. The number of aromatic nitrogens is 4. The maximum absolute atomic E-state index is 15.1. The molecular formula is C14H13F4N5O. The number of carbonyl (C=O) groups excluding carboxylic acids is 1. The predicted octanol–water partition coefficient (Wildman–Crippen LogP) is 1.79. The molecule has 0 spiro atoms. The molecule has 1 fully saturated rings. The monoisotopic (exact) mass is 343 g/mol. The Labute approximate surface area is 134 Å². The Morgan fingerprint density at radius 3 is 2.79 bits per heavy atom. The molecule has 0 bridgehead atoms. The van der Waals surface area contributed by atoms with Crippen LogP contribution >= 0.6 is 0 Å². The normalized spacial score (nSPS) is 21.2. The average molecular weight is 343 g/mol. The van der Waals surface area contributed by atoms with E-state index in [1.807, 2.05) is 0 Å². The summed E-state index contributed by atoms with van der Waals surface area (Å²) in [6.07, 6.45) is -3.35. The second-order valence-corrected chi connectivity index (χ2v) is 5.62. The van der Waals surface area contributed by atoms with Crippen molar-refractivity contribution in [3.8, 4) is 0 Å². The molecule has 1 unspecified atom stereocenters. The summed E-state index contributed by atoms with van der Waals surface area (Å²) in [7, 11) is 0. The summed E-state index contributed by atoms with van der Waals surface area (Å²) in [6.45, 7) is -0.325. The Kier molecular flexibility index (Phi) is 3.98. The zero-order valence-corrected chi connectivity index (χ0v) is 12.4. The fourth-order valence-corrected chi connectivity index (χ4v) is 2.69. The number of rotatable bonds is 3. The number of nitrogens with zero attached hydrogens (tertiary/aromatic N) is 5. The largest absolute Gasteiger partial charge is 0.416 e. The van der Waals surface area contributed by atoms with E-state index in [2.05, 4.69) is 15.5 Å². The summed E-state index contributed by atoms with van der Waals surface area (Å²) in [5.74, 6) is -0.395. The minimum atomic E-state index is -4.54. The van der Waals surface area contributed by atoms with Gasteiger partial charge in [0, 0.05) is 13.0 Å². The minimum absolute atomic E-state index is 0.0599. The fraction of sp³-hybridized carbons (Fsp3) is 0.429. The van der Waals surface area contributed by atoms with Crippen molar-refractivity contribution in [1.29, 1.82) is 0 Å². The van der Waals surface area contributed by atoms with Gasteiger partial charge in [0.25, 0.3) is 0 Å². The van der Waals surface area contributed by atoms with Gasteiger partial charge < -0.3 is 4.90 Å². The van der Waals surface area contributed by atoms with Gasteiger partial charge in [-0.05, 0) is 28.1 Å². The second-order valence-electron chi connectivity index (χ2n) is 5.62. The van der Waals surface area contributed by atoms with E-state index in [9.17, 15) is 18.0 Å². The number of hydrogen-bond donors (Lipinski definition) is 0. The molecule has 6 nitrogen and oxygen atoms in total. The molecule has 0 N–H and O–H groups in total. The molecule has 1 aromatic carbocycles. The molecule has 1 amide bonds. The van der Waals surface area contributed by atoms with Gasteiger partial charge in [0.05, 0.1) is 12.1 Å². The molecule has 10 heteroatoms. The third kappa shape index (κ3) is 3.22. The third-order valence-corrected chi connectivity index (χ3v) is 3.97. The molecule has 1 aliphatic rings. The lowest BCUT2D eigenvalue weighted by atomic mass is 9.93. The molecule has 1 aromatic heterocycles. The molecule has 1 saturated heterocycles. The summed E-state index contributed by atoms with van der Waals surface area (Å²) < 4.78 is 54.7. The lowest BCUT2D eigenvalue weighted by molar-refractivity contribution is -0.137. The van der Waals surface area contributed by atoms with Crippen LogP contribution in [-0.4, -0.2) is 44.1 Å². The van der Waals surface area contributed by atoms with Gasteiger partial charge in [0.15, 0.2) is 5.67 Å². The van der Waals surface area contributed by atoms with Gasteiger partial charge >= 0.3 is 6.18 Å². The molecule has 0 saturated carbocycles. The van der Waals surface area contributed by atoms with Crippen LogP contribution in [0.5, 0.6) is 0 Å². The van der Waals surface area contributed by atoms with Gasteiger partial charge in [-0.3, -0.25) is 4.79 Å². The molecule has 0 aliphatic carbocycles. The number of tetrazole rings is 1. The molecule has 128 valence electrons. The number of amides is 1.